The second-order valence-corrected chi connectivity index (χ2v) is 13.3. The summed E-state index contributed by atoms with van der Waals surface area (Å²) in [4.78, 5) is 117. The largest absolute Gasteiger partial charge is 0.480 e. The molecule has 0 aliphatic carbocycles. The van der Waals surface area contributed by atoms with Gasteiger partial charge >= 0.3 is 47.8 Å². The first-order valence-electron chi connectivity index (χ1n) is 17.8. The van der Waals surface area contributed by atoms with Crippen molar-refractivity contribution in [3.8, 4) is 0 Å². The first kappa shape index (κ1) is 50.0. The van der Waals surface area contributed by atoms with Gasteiger partial charge in [-0.05, 0) is 0 Å². The van der Waals surface area contributed by atoms with E-state index in [0.29, 0.717) is 0 Å². The molecular formula is C32H54N8O17. The number of carbonyl (C=O) groups is 9. The van der Waals surface area contributed by atoms with Gasteiger partial charge in [-0.3, -0.25) is 77.5 Å². The van der Waals surface area contributed by atoms with Crippen molar-refractivity contribution in [3.63, 3.8) is 0 Å². The van der Waals surface area contributed by atoms with Crippen LogP contribution in [0.15, 0.2) is 0 Å². The lowest BCUT2D eigenvalue weighted by Crippen LogP contribution is -2.51. The van der Waals surface area contributed by atoms with Crippen LogP contribution in [0.5, 0.6) is 0 Å². The summed E-state index contributed by atoms with van der Waals surface area (Å²) in [5, 5.41) is 75.1. The van der Waals surface area contributed by atoms with E-state index in [1.807, 2.05) is 0 Å². The molecule has 0 aromatic rings. The Bertz CT molecular complexity index is 1340. The Hall–Kier alpha value is -5.05. The number of amides is 1. The quantitative estimate of drug-likeness (QED) is 0.0383. The molecule has 1 heterocycles. The van der Waals surface area contributed by atoms with Crippen LogP contribution in [-0.2, 0) is 43.2 Å². The van der Waals surface area contributed by atoms with E-state index < -0.39 is 106 Å². The fraction of sp³-hybridized carbons (Fsp3) is 0.719. The van der Waals surface area contributed by atoms with Crippen molar-refractivity contribution in [2.24, 2.45) is 0 Å². The van der Waals surface area contributed by atoms with Crippen LogP contribution in [0.4, 0.5) is 0 Å². The second kappa shape index (κ2) is 26.7. The van der Waals surface area contributed by atoms with Crippen molar-refractivity contribution < 1.29 is 84.0 Å². The maximum absolute atomic E-state index is 13.7. The van der Waals surface area contributed by atoms with Crippen LogP contribution in [-0.4, -0.2) is 284 Å². The van der Waals surface area contributed by atoms with E-state index >= 15 is 0 Å². The van der Waals surface area contributed by atoms with Crippen molar-refractivity contribution in [2.45, 2.75) is 0 Å². The molecule has 0 unspecified atom stereocenters. The van der Waals surface area contributed by atoms with E-state index in [9.17, 15) is 73.8 Å². The summed E-state index contributed by atoms with van der Waals surface area (Å²) >= 11 is 0. The summed E-state index contributed by atoms with van der Waals surface area (Å²) in [6.07, 6.45) is 0. The highest BCUT2D eigenvalue weighted by Crippen LogP contribution is 2.05. The van der Waals surface area contributed by atoms with Crippen LogP contribution in [0.25, 0.3) is 0 Å². The van der Waals surface area contributed by atoms with E-state index in [4.69, 9.17) is 10.2 Å². The monoisotopic (exact) mass is 822 g/mol. The molecule has 324 valence electrons. The smallest absolute Gasteiger partial charge is 0.317 e. The van der Waals surface area contributed by atoms with Gasteiger partial charge in [0.15, 0.2) is 0 Å². The Labute approximate surface area is 327 Å². The normalized spacial score (nSPS) is 15.3. The highest BCUT2D eigenvalue weighted by molar-refractivity contribution is 5.79. The van der Waals surface area contributed by atoms with Gasteiger partial charge in [0.05, 0.1) is 58.9 Å². The van der Waals surface area contributed by atoms with Crippen LogP contribution in [0.1, 0.15) is 0 Å². The number of hydrogen-bond acceptors (Lipinski definition) is 16. The predicted octanol–water partition coefficient (Wildman–Crippen LogP) is -5.38. The first-order valence-corrected chi connectivity index (χ1v) is 17.8. The fourth-order valence-corrected chi connectivity index (χ4v) is 5.90. The van der Waals surface area contributed by atoms with E-state index in [1.54, 1.807) is 4.90 Å². The van der Waals surface area contributed by atoms with Gasteiger partial charge in [0.2, 0.25) is 5.91 Å². The number of carboxylic acids is 8. The maximum Gasteiger partial charge on any atom is 0.317 e. The third-order valence-electron chi connectivity index (χ3n) is 8.62. The Morgan fingerprint density at radius 2 is 0.544 bits per heavy atom. The molecule has 0 saturated carbocycles. The molecule has 1 fully saturated rings. The number of nitrogens with zero attached hydrogens (tertiary/aromatic N) is 8. The molecule has 0 atom stereocenters. The number of carboxylic acid groups (broad SMARTS) is 8. The molecule has 1 amide bonds. The summed E-state index contributed by atoms with van der Waals surface area (Å²) < 4.78 is 0. The minimum absolute atomic E-state index is 0.0282. The van der Waals surface area contributed by atoms with E-state index in [0.717, 1.165) is 4.90 Å². The van der Waals surface area contributed by atoms with Crippen molar-refractivity contribution in [1.29, 1.82) is 0 Å². The van der Waals surface area contributed by atoms with Crippen molar-refractivity contribution in [3.05, 3.63) is 0 Å². The molecule has 8 N–H and O–H groups in total. The third kappa shape index (κ3) is 25.0. The number of rotatable bonds is 27. The lowest BCUT2D eigenvalue weighted by atomic mass is 10.3. The van der Waals surface area contributed by atoms with Crippen LogP contribution < -0.4 is 0 Å². The summed E-state index contributed by atoms with van der Waals surface area (Å²) in [5.74, 6) is -10.5. The van der Waals surface area contributed by atoms with Crippen LogP contribution in [0.2, 0.25) is 0 Å². The van der Waals surface area contributed by atoms with E-state index in [1.165, 1.54) is 29.4 Å². The van der Waals surface area contributed by atoms with E-state index in [-0.39, 0.29) is 98.2 Å². The molecule has 1 aliphatic heterocycles. The van der Waals surface area contributed by atoms with Crippen molar-refractivity contribution in [2.75, 3.05) is 151 Å². The van der Waals surface area contributed by atoms with Crippen molar-refractivity contribution >= 4 is 53.7 Å². The summed E-state index contributed by atoms with van der Waals surface area (Å²) in [6.45, 7) is -4.86. The summed E-state index contributed by atoms with van der Waals surface area (Å²) in [6, 6.07) is 0. The van der Waals surface area contributed by atoms with Gasteiger partial charge in [0.1, 0.15) is 0 Å². The Morgan fingerprint density at radius 3 is 0.807 bits per heavy atom. The van der Waals surface area contributed by atoms with Gasteiger partial charge < -0.3 is 45.8 Å². The molecule has 1 aliphatic rings. The maximum atomic E-state index is 13.7. The van der Waals surface area contributed by atoms with Gasteiger partial charge in [-0.15, -0.1) is 0 Å². The lowest BCUT2D eigenvalue weighted by molar-refractivity contribution is -0.143. The molecule has 1 rings (SSSR count). The zero-order valence-corrected chi connectivity index (χ0v) is 31.6. The predicted molar refractivity (Wildman–Crippen MR) is 193 cm³/mol. The van der Waals surface area contributed by atoms with Gasteiger partial charge in [-0.25, -0.2) is 0 Å². The lowest BCUT2D eigenvalue weighted by Gasteiger charge is -2.34. The Morgan fingerprint density at radius 1 is 0.316 bits per heavy atom. The highest BCUT2D eigenvalue weighted by atomic mass is 16.4. The second-order valence-electron chi connectivity index (χ2n) is 13.3. The minimum atomic E-state index is -1.31. The summed E-state index contributed by atoms with van der Waals surface area (Å²) in [5.41, 5.74) is 0. The molecule has 25 nitrogen and oxygen atoms in total. The molecule has 25 heteroatoms. The van der Waals surface area contributed by atoms with Gasteiger partial charge in [-0.1, -0.05) is 0 Å². The number of aliphatic carboxylic acids is 8. The van der Waals surface area contributed by atoms with Crippen LogP contribution in [0, 0.1) is 0 Å². The zero-order chi connectivity index (χ0) is 43.1. The zero-order valence-electron chi connectivity index (χ0n) is 31.6. The minimum Gasteiger partial charge on any atom is -0.480 e. The molecule has 0 spiro atoms. The SMILES string of the molecule is O=C(O)CN1CCN(CC(=O)O)CCN(C(=O)CN(CCN(CCN(CCN(CC(=O)O)CC(=O)O)CC(=O)O)CC(=O)O)CC(=O)O)CCN(CC(=O)O)CC1. The average Bonchev–Trinajstić information content (AvgIpc) is 3.06. The fourth-order valence-electron chi connectivity index (χ4n) is 5.90. The van der Waals surface area contributed by atoms with Gasteiger partial charge in [0, 0.05) is 91.6 Å². The molecule has 0 aromatic heterocycles. The molecule has 0 radical (unpaired) electrons. The van der Waals surface area contributed by atoms with Crippen LogP contribution in [0.3, 0.4) is 0 Å². The molecule has 0 bridgehead atoms. The van der Waals surface area contributed by atoms with Crippen LogP contribution >= 0.6 is 0 Å². The average molecular weight is 823 g/mol. The first-order chi connectivity index (χ1) is 26.7. The molecule has 1 saturated heterocycles. The standard InChI is InChI=1S/C32H54N8O17/c41-24(40-13-11-36(19-28(48)49)5-3-33(16-25(42)43)4-6-37(12-14-40)20-29(50)51)15-38(21-30(52)53)9-7-34(17-26(44)45)1-2-35(18-27(46)47)8-10-39(22-31(54)55)23-32(56)57/h1-23H2,(H,42,43)(H,44,45)(H,46,47)(H,48,49)(H,50,51)(H,52,53)(H,54,55)(H,56,57). The topological polar surface area (TPSA) is 341 Å². The van der Waals surface area contributed by atoms with E-state index in [2.05, 4.69) is 0 Å². The molecule has 57 heavy (non-hydrogen) atoms. The Kier molecular flexibility index (Phi) is 23.4. The van der Waals surface area contributed by atoms with Gasteiger partial charge in [-0.2, -0.15) is 0 Å². The number of hydrogen-bond donors (Lipinski definition) is 8. The summed E-state index contributed by atoms with van der Waals surface area (Å²) in [7, 11) is 0. The molecular weight excluding hydrogens is 768 g/mol. The van der Waals surface area contributed by atoms with Gasteiger partial charge in [0.25, 0.3) is 0 Å². The number of carbonyl (C=O) groups excluding carboxylic acids is 1. The highest BCUT2D eigenvalue weighted by Gasteiger charge is 2.25. The molecule has 0 aromatic carbocycles. The Balaban J connectivity index is 3.17. The van der Waals surface area contributed by atoms with Crippen molar-refractivity contribution in [1.82, 2.24) is 39.2 Å². The third-order valence-corrected chi connectivity index (χ3v) is 8.62.